The minimum absolute atomic E-state index is 0.254. The predicted octanol–water partition coefficient (Wildman–Crippen LogP) is 1.60. The van der Waals surface area contributed by atoms with Crippen LogP contribution in [0, 0.1) is 5.92 Å². The van der Waals surface area contributed by atoms with Gasteiger partial charge < -0.3 is 10.2 Å². The Bertz CT molecular complexity index is 364. The maximum absolute atomic E-state index is 10.6. The lowest BCUT2D eigenvalue weighted by Gasteiger charge is -2.37. The average Bonchev–Trinajstić information content (AvgIpc) is 2.39. The van der Waals surface area contributed by atoms with Gasteiger partial charge in [0.15, 0.2) is 0 Å². The van der Waals surface area contributed by atoms with Crippen molar-refractivity contribution in [2.45, 2.75) is 25.4 Å². The van der Waals surface area contributed by atoms with Crippen LogP contribution in [0.2, 0.25) is 0 Å². The van der Waals surface area contributed by atoms with Gasteiger partial charge in [0.05, 0.1) is 5.60 Å². The van der Waals surface area contributed by atoms with Crippen molar-refractivity contribution in [3.8, 4) is 0 Å². The minimum Gasteiger partial charge on any atom is -0.396 e. The van der Waals surface area contributed by atoms with Crippen LogP contribution in [0.4, 0.5) is 0 Å². The van der Waals surface area contributed by atoms with Crippen LogP contribution >= 0.6 is 0 Å². The maximum atomic E-state index is 10.6. The number of aliphatic hydroxyl groups excluding tert-OH is 1. The molecule has 18 heavy (non-hydrogen) atoms. The van der Waals surface area contributed by atoms with E-state index < -0.39 is 5.60 Å². The van der Waals surface area contributed by atoms with Gasteiger partial charge in [-0.15, -0.1) is 0 Å². The summed E-state index contributed by atoms with van der Waals surface area (Å²) >= 11 is 0. The lowest BCUT2D eigenvalue weighted by atomic mass is 9.92. The van der Waals surface area contributed by atoms with Crippen LogP contribution in [-0.2, 0) is 5.60 Å². The molecule has 0 amide bonds. The van der Waals surface area contributed by atoms with Gasteiger partial charge in [-0.1, -0.05) is 30.3 Å². The molecule has 1 aromatic rings. The quantitative estimate of drug-likeness (QED) is 0.852. The highest BCUT2D eigenvalue weighted by atomic mass is 16.3. The van der Waals surface area contributed by atoms with Crippen LogP contribution in [-0.4, -0.2) is 41.4 Å². The summed E-state index contributed by atoms with van der Waals surface area (Å²) in [6, 6.07) is 9.80. The van der Waals surface area contributed by atoms with Gasteiger partial charge in [0.2, 0.25) is 0 Å². The van der Waals surface area contributed by atoms with Gasteiger partial charge >= 0.3 is 0 Å². The number of hydrogen-bond donors (Lipinski definition) is 2. The Labute approximate surface area is 109 Å². The molecule has 0 spiro atoms. The van der Waals surface area contributed by atoms with E-state index in [4.69, 9.17) is 0 Å². The van der Waals surface area contributed by atoms with Crippen molar-refractivity contribution in [1.82, 2.24) is 4.90 Å². The van der Waals surface area contributed by atoms with Gasteiger partial charge in [-0.2, -0.15) is 0 Å². The largest absolute Gasteiger partial charge is 0.396 e. The summed E-state index contributed by atoms with van der Waals surface area (Å²) in [7, 11) is 0. The van der Waals surface area contributed by atoms with Crippen LogP contribution < -0.4 is 0 Å². The van der Waals surface area contributed by atoms with Crippen molar-refractivity contribution in [3.05, 3.63) is 35.9 Å². The number of aliphatic hydroxyl groups is 2. The van der Waals surface area contributed by atoms with E-state index >= 15 is 0 Å². The fraction of sp³-hybridized carbons (Fsp3) is 0.600. The lowest BCUT2D eigenvalue weighted by molar-refractivity contribution is -0.00166. The summed E-state index contributed by atoms with van der Waals surface area (Å²) in [5, 5.41) is 19.8. The molecule has 2 rings (SSSR count). The van der Waals surface area contributed by atoms with E-state index in [0.29, 0.717) is 12.5 Å². The Morgan fingerprint density at radius 2 is 2.06 bits per heavy atom. The van der Waals surface area contributed by atoms with Crippen LogP contribution in [0.15, 0.2) is 30.3 Å². The first-order valence-corrected chi connectivity index (χ1v) is 6.73. The molecular formula is C15H23NO2. The number of likely N-dealkylation sites (tertiary alicyclic amines) is 1. The molecule has 2 N–H and O–H groups in total. The number of rotatable bonds is 4. The van der Waals surface area contributed by atoms with Crippen LogP contribution in [0.5, 0.6) is 0 Å². The third kappa shape index (κ3) is 3.31. The number of piperidine rings is 1. The van der Waals surface area contributed by atoms with Crippen LogP contribution in [0.25, 0.3) is 0 Å². The molecule has 0 aliphatic carbocycles. The van der Waals surface area contributed by atoms with Crippen molar-refractivity contribution in [2.24, 2.45) is 5.92 Å². The Morgan fingerprint density at radius 3 is 2.72 bits per heavy atom. The number of hydrogen-bond acceptors (Lipinski definition) is 3. The summed E-state index contributed by atoms with van der Waals surface area (Å²) in [6.45, 7) is 4.65. The standard InChI is InChI=1S/C15H23NO2/c1-15(18,14-7-3-2-4-8-14)12-16-9-5-6-13(10-16)11-17/h2-4,7-8,13,17-18H,5-6,9-12H2,1H3. The highest BCUT2D eigenvalue weighted by Gasteiger charge is 2.28. The van der Waals surface area contributed by atoms with Crippen molar-refractivity contribution in [3.63, 3.8) is 0 Å². The predicted molar refractivity (Wildman–Crippen MR) is 72.3 cm³/mol. The molecule has 0 bridgehead atoms. The summed E-state index contributed by atoms with van der Waals surface area (Å²) < 4.78 is 0. The molecule has 3 heteroatoms. The summed E-state index contributed by atoms with van der Waals surface area (Å²) in [5.74, 6) is 0.366. The van der Waals surface area contributed by atoms with E-state index in [1.54, 1.807) is 0 Å². The summed E-state index contributed by atoms with van der Waals surface area (Å²) in [6.07, 6.45) is 2.20. The zero-order valence-electron chi connectivity index (χ0n) is 11.0. The first kappa shape index (κ1) is 13.5. The second-order valence-electron chi connectivity index (χ2n) is 5.57. The van der Waals surface area contributed by atoms with E-state index in [1.165, 1.54) is 0 Å². The summed E-state index contributed by atoms with van der Waals surface area (Å²) in [4.78, 5) is 2.26. The first-order valence-electron chi connectivity index (χ1n) is 6.73. The molecule has 1 heterocycles. The molecule has 1 fully saturated rings. The molecule has 2 atom stereocenters. The molecule has 1 aliphatic heterocycles. The van der Waals surface area contributed by atoms with Gasteiger partial charge in [-0.3, -0.25) is 4.90 Å². The number of benzene rings is 1. The van der Waals surface area contributed by atoms with E-state index in [2.05, 4.69) is 4.90 Å². The molecule has 0 radical (unpaired) electrons. The lowest BCUT2D eigenvalue weighted by Crippen LogP contribution is -2.44. The molecule has 0 aromatic heterocycles. The molecule has 3 nitrogen and oxygen atoms in total. The Morgan fingerprint density at radius 1 is 1.33 bits per heavy atom. The van der Waals surface area contributed by atoms with Gasteiger partial charge in [0, 0.05) is 19.7 Å². The number of nitrogens with zero attached hydrogens (tertiary/aromatic N) is 1. The van der Waals surface area contributed by atoms with E-state index in [-0.39, 0.29) is 6.61 Å². The Balaban J connectivity index is 1.99. The number of β-amino-alcohol motifs (C(OH)–C–C–N with tert-alkyl or cyclic N) is 1. The third-order valence-corrected chi connectivity index (χ3v) is 3.79. The highest BCUT2D eigenvalue weighted by Crippen LogP contribution is 2.24. The second-order valence-corrected chi connectivity index (χ2v) is 5.57. The normalized spacial score (nSPS) is 24.7. The van der Waals surface area contributed by atoms with Crippen LogP contribution in [0.3, 0.4) is 0 Å². The zero-order chi connectivity index (χ0) is 13.0. The van der Waals surface area contributed by atoms with Crippen molar-refractivity contribution in [2.75, 3.05) is 26.2 Å². The molecule has 1 aliphatic rings. The molecule has 2 unspecified atom stereocenters. The monoisotopic (exact) mass is 249 g/mol. The van der Waals surface area contributed by atoms with Gasteiger partial charge in [0.1, 0.15) is 0 Å². The third-order valence-electron chi connectivity index (χ3n) is 3.79. The maximum Gasteiger partial charge on any atom is 0.0994 e. The van der Waals surface area contributed by atoms with Gasteiger partial charge in [-0.05, 0) is 37.8 Å². The molecular weight excluding hydrogens is 226 g/mol. The smallest absolute Gasteiger partial charge is 0.0994 e. The minimum atomic E-state index is -0.821. The zero-order valence-corrected chi connectivity index (χ0v) is 11.0. The fourth-order valence-electron chi connectivity index (χ4n) is 2.77. The van der Waals surface area contributed by atoms with Gasteiger partial charge in [0.25, 0.3) is 0 Å². The SMILES string of the molecule is CC(O)(CN1CCCC(CO)C1)c1ccccc1. The second kappa shape index (κ2) is 5.83. The average molecular weight is 249 g/mol. The Kier molecular flexibility index (Phi) is 4.38. The molecule has 0 saturated carbocycles. The van der Waals surface area contributed by atoms with E-state index in [1.807, 2.05) is 37.3 Å². The van der Waals surface area contributed by atoms with E-state index in [0.717, 1.165) is 31.5 Å². The molecule has 100 valence electrons. The van der Waals surface area contributed by atoms with Crippen LogP contribution in [0.1, 0.15) is 25.3 Å². The summed E-state index contributed by atoms with van der Waals surface area (Å²) in [5.41, 5.74) is 0.134. The topological polar surface area (TPSA) is 43.7 Å². The Hall–Kier alpha value is -0.900. The van der Waals surface area contributed by atoms with E-state index in [9.17, 15) is 10.2 Å². The first-order chi connectivity index (χ1) is 8.62. The van der Waals surface area contributed by atoms with Crippen molar-refractivity contribution in [1.29, 1.82) is 0 Å². The molecule has 1 aromatic carbocycles. The van der Waals surface area contributed by atoms with Crippen molar-refractivity contribution >= 4 is 0 Å². The highest BCUT2D eigenvalue weighted by molar-refractivity contribution is 5.21. The van der Waals surface area contributed by atoms with Crippen molar-refractivity contribution < 1.29 is 10.2 Å². The molecule has 1 saturated heterocycles. The van der Waals surface area contributed by atoms with Gasteiger partial charge in [-0.25, -0.2) is 0 Å². The fourth-order valence-corrected chi connectivity index (χ4v) is 2.77.